The fourth-order valence-electron chi connectivity index (χ4n) is 3.75. The quantitative estimate of drug-likeness (QED) is 0.552. The van der Waals surface area contributed by atoms with E-state index >= 15 is 0 Å². The van der Waals surface area contributed by atoms with Crippen LogP contribution in [0.1, 0.15) is 31.7 Å². The van der Waals surface area contributed by atoms with Gasteiger partial charge < -0.3 is 10.5 Å². The van der Waals surface area contributed by atoms with Crippen molar-refractivity contribution in [3.8, 4) is 23.0 Å². The average molecular weight is 401 g/mol. The monoisotopic (exact) mass is 401 g/mol. The van der Waals surface area contributed by atoms with Gasteiger partial charge in [0.25, 0.3) is 0 Å². The fourth-order valence-corrected chi connectivity index (χ4v) is 3.75. The van der Waals surface area contributed by atoms with Crippen molar-refractivity contribution in [2.45, 2.75) is 31.7 Å². The average Bonchev–Trinajstić information content (AvgIpc) is 3.17. The zero-order valence-corrected chi connectivity index (χ0v) is 16.1. The van der Waals surface area contributed by atoms with Gasteiger partial charge >= 0.3 is 6.01 Å². The molecule has 0 amide bonds. The Morgan fingerprint density at radius 3 is 2.47 bits per heavy atom. The van der Waals surface area contributed by atoms with Crippen LogP contribution in [0, 0.1) is 0 Å². The Labute approximate surface area is 172 Å². The number of aromatic nitrogens is 6. The zero-order valence-electron chi connectivity index (χ0n) is 16.1. The Kier molecular flexibility index (Phi) is 4.55. The Bertz CT molecular complexity index is 1200. The van der Waals surface area contributed by atoms with E-state index in [4.69, 9.17) is 15.6 Å². The van der Waals surface area contributed by atoms with E-state index in [1.54, 1.807) is 18.5 Å². The highest BCUT2D eigenvalue weighted by Crippen LogP contribution is 2.35. The van der Waals surface area contributed by atoms with Crippen molar-refractivity contribution in [2.75, 3.05) is 5.73 Å². The number of nitrogens with zero attached hydrogens (tertiary/aromatic N) is 6. The maximum Gasteiger partial charge on any atom is 0.321 e. The van der Waals surface area contributed by atoms with E-state index in [0.717, 1.165) is 23.8 Å². The van der Waals surface area contributed by atoms with Crippen LogP contribution in [0.5, 0.6) is 11.8 Å². The van der Waals surface area contributed by atoms with Crippen molar-refractivity contribution in [3.05, 3.63) is 49.1 Å². The van der Waals surface area contributed by atoms with E-state index in [9.17, 15) is 4.79 Å². The van der Waals surface area contributed by atoms with Crippen LogP contribution in [0.15, 0.2) is 49.1 Å². The van der Waals surface area contributed by atoms with E-state index in [1.165, 1.54) is 6.33 Å². The highest BCUT2D eigenvalue weighted by Gasteiger charge is 2.25. The summed E-state index contributed by atoms with van der Waals surface area (Å²) in [5.74, 6) is 1.30. The number of benzene rings is 1. The highest BCUT2D eigenvalue weighted by atomic mass is 16.5. The second-order valence-electron chi connectivity index (χ2n) is 7.18. The molecule has 5 rings (SSSR count). The summed E-state index contributed by atoms with van der Waals surface area (Å²) in [7, 11) is 0. The first-order valence-electron chi connectivity index (χ1n) is 9.75. The smallest absolute Gasteiger partial charge is 0.321 e. The van der Waals surface area contributed by atoms with Gasteiger partial charge in [-0.25, -0.2) is 24.6 Å². The Hall–Kier alpha value is -3.88. The SMILES string of the molecule is Nc1ncnc2c1c(-c1ccc(Oc3ncccn3)cc1)nn2C1CCC(=O)CC1. The molecular formula is C21H19N7O2. The van der Waals surface area contributed by atoms with E-state index in [1.807, 2.05) is 28.9 Å². The van der Waals surface area contributed by atoms with Crippen molar-refractivity contribution in [1.82, 2.24) is 29.7 Å². The Balaban J connectivity index is 1.51. The first-order chi connectivity index (χ1) is 14.7. The fraction of sp³-hybridized carbons (Fsp3) is 0.238. The summed E-state index contributed by atoms with van der Waals surface area (Å²) in [5.41, 5.74) is 8.46. The first-order valence-corrected chi connectivity index (χ1v) is 9.75. The molecular weight excluding hydrogens is 382 g/mol. The molecule has 9 heteroatoms. The van der Waals surface area contributed by atoms with Crippen LogP contribution in [0.2, 0.25) is 0 Å². The molecule has 0 atom stereocenters. The third kappa shape index (κ3) is 3.34. The van der Waals surface area contributed by atoms with Gasteiger partial charge in [-0.3, -0.25) is 4.79 Å². The maximum atomic E-state index is 11.7. The van der Waals surface area contributed by atoms with Gasteiger partial charge in [0.2, 0.25) is 0 Å². The molecule has 1 fully saturated rings. The highest BCUT2D eigenvalue weighted by molar-refractivity contribution is 5.98. The molecule has 3 heterocycles. The third-order valence-corrected chi connectivity index (χ3v) is 5.26. The number of anilines is 1. The first kappa shape index (κ1) is 18.2. The molecule has 1 aliphatic rings. The van der Waals surface area contributed by atoms with Gasteiger partial charge in [0.1, 0.15) is 29.4 Å². The summed E-state index contributed by atoms with van der Waals surface area (Å²) in [5, 5.41) is 5.56. The second kappa shape index (κ2) is 7.51. The van der Waals surface area contributed by atoms with E-state index in [2.05, 4.69) is 19.9 Å². The number of nitrogen functional groups attached to an aromatic ring is 1. The van der Waals surface area contributed by atoms with Gasteiger partial charge in [-0.2, -0.15) is 5.10 Å². The summed E-state index contributed by atoms with van der Waals surface area (Å²) < 4.78 is 7.56. The lowest BCUT2D eigenvalue weighted by molar-refractivity contribution is -0.120. The van der Waals surface area contributed by atoms with Gasteiger partial charge in [0.15, 0.2) is 5.65 Å². The van der Waals surface area contributed by atoms with Crippen LogP contribution in [0.25, 0.3) is 22.3 Å². The number of Topliss-reactive ketones (excluding diaryl/α,β-unsaturated/α-hetero) is 1. The Morgan fingerprint density at radius 1 is 1.00 bits per heavy atom. The molecule has 30 heavy (non-hydrogen) atoms. The lowest BCUT2D eigenvalue weighted by atomic mass is 9.94. The molecule has 2 N–H and O–H groups in total. The summed E-state index contributed by atoms with van der Waals surface area (Å²) in [6.07, 6.45) is 7.33. The van der Waals surface area contributed by atoms with E-state index < -0.39 is 0 Å². The number of rotatable bonds is 4. The number of ketones is 1. The van der Waals surface area contributed by atoms with E-state index in [-0.39, 0.29) is 12.1 Å². The molecule has 1 aromatic carbocycles. The van der Waals surface area contributed by atoms with Gasteiger partial charge in [-0.15, -0.1) is 0 Å². The molecule has 3 aromatic heterocycles. The minimum absolute atomic E-state index is 0.117. The zero-order chi connectivity index (χ0) is 20.5. The van der Waals surface area contributed by atoms with Crippen molar-refractivity contribution in [1.29, 1.82) is 0 Å². The summed E-state index contributed by atoms with van der Waals surface area (Å²) in [4.78, 5) is 28.4. The molecule has 0 aliphatic heterocycles. The van der Waals surface area contributed by atoms with Gasteiger partial charge in [-0.05, 0) is 43.2 Å². The van der Waals surface area contributed by atoms with Gasteiger partial charge in [-0.1, -0.05) is 0 Å². The van der Waals surface area contributed by atoms with Crippen LogP contribution in [0.3, 0.4) is 0 Å². The molecule has 0 bridgehead atoms. The molecule has 4 aromatic rings. The number of carbonyl (C=O) groups excluding carboxylic acids is 1. The molecule has 0 radical (unpaired) electrons. The van der Waals surface area contributed by atoms with Crippen molar-refractivity contribution in [2.24, 2.45) is 0 Å². The molecule has 1 aliphatic carbocycles. The Morgan fingerprint density at radius 2 is 1.73 bits per heavy atom. The van der Waals surface area contributed by atoms with Crippen molar-refractivity contribution in [3.63, 3.8) is 0 Å². The molecule has 0 spiro atoms. The summed E-state index contributed by atoms with van der Waals surface area (Å²) in [6.45, 7) is 0. The molecule has 0 unspecified atom stereocenters. The summed E-state index contributed by atoms with van der Waals surface area (Å²) in [6, 6.07) is 9.59. The summed E-state index contributed by atoms with van der Waals surface area (Å²) >= 11 is 0. The largest absolute Gasteiger partial charge is 0.424 e. The van der Waals surface area contributed by atoms with E-state index in [0.29, 0.717) is 41.5 Å². The van der Waals surface area contributed by atoms with Crippen LogP contribution in [-0.4, -0.2) is 35.5 Å². The predicted molar refractivity (Wildman–Crippen MR) is 110 cm³/mol. The topological polar surface area (TPSA) is 122 Å². The molecule has 9 nitrogen and oxygen atoms in total. The predicted octanol–water partition coefficient (Wildman–Crippen LogP) is 3.34. The minimum Gasteiger partial charge on any atom is -0.424 e. The maximum absolute atomic E-state index is 11.7. The number of nitrogens with two attached hydrogens (primary N) is 1. The number of hydrogen-bond donors (Lipinski definition) is 1. The van der Waals surface area contributed by atoms with Crippen LogP contribution >= 0.6 is 0 Å². The van der Waals surface area contributed by atoms with Gasteiger partial charge in [0.05, 0.1) is 11.4 Å². The van der Waals surface area contributed by atoms with Crippen LogP contribution in [0.4, 0.5) is 5.82 Å². The van der Waals surface area contributed by atoms with Crippen molar-refractivity contribution < 1.29 is 9.53 Å². The van der Waals surface area contributed by atoms with Gasteiger partial charge in [0, 0.05) is 30.8 Å². The standard InChI is InChI=1S/C21H19N7O2/c22-19-17-18(13-2-8-16(9-3-13)30-21-23-10-1-11-24-21)27-28(20(17)26-12-25-19)14-4-6-15(29)7-5-14/h1-3,8-12,14H,4-7H2,(H2,22,25,26). The molecule has 1 saturated carbocycles. The minimum atomic E-state index is 0.117. The van der Waals surface area contributed by atoms with Crippen molar-refractivity contribution >= 4 is 22.6 Å². The second-order valence-corrected chi connectivity index (χ2v) is 7.18. The number of fused-ring (bicyclic) bond motifs is 1. The number of hydrogen-bond acceptors (Lipinski definition) is 8. The van der Waals surface area contributed by atoms with Crippen LogP contribution < -0.4 is 10.5 Å². The lowest BCUT2D eigenvalue weighted by Gasteiger charge is -2.21. The lowest BCUT2D eigenvalue weighted by Crippen LogP contribution is -2.19. The van der Waals surface area contributed by atoms with Crippen LogP contribution in [-0.2, 0) is 4.79 Å². The number of carbonyl (C=O) groups is 1. The third-order valence-electron chi connectivity index (χ3n) is 5.26. The normalized spacial score (nSPS) is 14.9. The molecule has 0 saturated heterocycles. The molecule has 150 valence electrons. The number of ether oxygens (including phenoxy) is 1.